The second-order valence-electron chi connectivity index (χ2n) is 2.44. The molecule has 0 fully saturated rings. The predicted octanol–water partition coefficient (Wildman–Crippen LogP) is 3.65. The van der Waals surface area contributed by atoms with Gasteiger partial charge in [0.1, 0.15) is 0 Å². The Labute approximate surface area is 71.9 Å². The van der Waals surface area contributed by atoms with Crippen molar-refractivity contribution in [3.8, 4) is 0 Å². The van der Waals surface area contributed by atoms with Gasteiger partial charge in [0.05, 0.1) is 0 Å². The third-order valence-electron chi connectivity index (χ3n) is 1.55. The lowest BCUT2D eigenvalue weighted by Gasteiger charge is -1.93. The van der Waals surface area contributed by atoms with Gasteiger partial charge in [-0.2, -0.15) is 0 Å². The number of hydrogen-bond donors (Lipinski definition) is 0. The Morgan fingerprint density at radius 3 is 2.73 bits per heavy atom. The molecule has 11 heavy (non-hydrogen) atoms. The van der Waals surface area contributed by atoms with Crippen LogP contribution < -0.4 is 0 Å². The zero-order valence-corrected chi connectivity index (χ0v) is 7.74. The van der Waals surface area contributed by atoms with Crippen LogP contribution in [-0.2, 0) is 0 Å². The molecule has 0 bridgehead atoms. The molecule has 0 nitrogen and oxygen atoms in total. The summed E-state index contributed by atoms with van der Waals surface area (Å²) >= 11 is 1.77. The van der Waals surface area contributed by atoms with Gasteiger partial charge in [0.15, 0.2) is 0 Å². The van der Waals surface area contributed by atoms with Crippen LogP contribution in [0.25, 0.3) is 5.57 Å². The molecule has 0 amide bonds. The number of thiophene rings is 1. The summed E-state index contributed by atoms with van der Waals surface area (Å²) in [5.41, 5.74) is 2.55. The summed E-state index contributed by atoms with van der Waals surface area (Å²) in [6, 6.07) is 2.18. The largest absolute Gasteiger partial charge is 0.144 e. The number of aryl methyl sites for hydroxylation is 1. The van der Waals surface area contributed by atoms with Gasteiger partial charge in [0.25, 0.3) is 0 Å². The summed E-state index contributed by atoms with van der Waals surface area (Å²) in [5.74, 6) is 0. The van der Waals surface area contributed by atoms with Crippen molar-refractivity contribution in [2.45, 2.75) is 13.8 Å². The van der Waals surface area contributed by atoms with E-state index in [1.165, 1.54) is 16.0 Å². The maximum Gasteiger partial charge on any atom is 0.0341 e. The van der Waals surface area contributed by atoms with Crippen molar-refractivity contribution in [2.24, 2.45) is 0 Å². The minimum absolute atomic E-state index is 1.23. The molecule has 1 heteroatoms. The number of hydrogen-bond acceptors (Lipinski definition) is 1. The highest BCUT2D eigenvalue weighted by Crippen LogP contribution is 2.22. The minimum Gasteiger partial charge on any atom is -0.144 e. The van der Waals surface area contributed by atoms with Gasteiger partial charge in [0.2, 0.25) is 0 Å². The van der Waals surface area contributed by atoms with E-state index in [0.717, 1.165) is 0 Å². The Bertz CT molecular complexity index is 279. The fourth-order valence-electron chi connectivity index (χ4n) is 0.943. The Morgan fingerprint density at radius 2 is 2.36 bits per heavy atom. The summed E-state index contributed by atoms with van der Waals surface area (Å²) < 4.78 is 0. The van der Waals surface area contributed by atoms with Gasteiger partial charge in [0, 0.05) is 4.88 Å². The van der Waals surface area contributed by atoms with Gasteiger partial charge in [-0.3, -0.25) is 0 Å². The van der Waals surface area contributed by atoms with Crippen LogP contribution in [0.1, 0.15) is 17.4 Å². The molecule has 0 saturated carbocycles. The van der Waals surface area contributed by atoms with E-state index in [1.807, 2.05) is 13.0 Å². The number of allylic oxidation sites excluding steroid dienone is 3. The molecule has 0 aliphatic rings. The van der Waals surface area contributed by atoms with E-state index in [9.17, 15) is 0 Å². The SMILES string of the molecule is C=C/C(=C\C)c1cc(C)cs1. The third kappa shape index (κ3) is 1.81. The maximum atomic E-state index is 3.76. The highest BCUT2D eigenvalue weighted by Gasteiger charge is 1.97. The quantitative estimate of drug-likeness (QED) is 0.585. The van der Waals surface area contributed by atoms with E-state index in [0.29, 0.717) is 0 Å². The standard InChI is InChI=1S/C10H12S/c1-4-9(5-2)10-6-8(3)7-11-10/h4-7H,1H2,2-3H3/b9-5+. The molecule has 0 aliphatic heterocycles. The lowest BCUT2D eigenvalue weighted by molar-refractivity contribution is 1.55. The molecule has 1 aromatic rings. The first kappa shape index (κ1) is 8.28. The Kier molecular flexibility index (Phi) is 2.66. The normalized spacial score (nSPS) is 11.6. The number of rotatable bonds is 2. The van der Waals surface area contributed by atoms with Gasteiger partial charge in [-0.1, -0.05) is 18.7 Å². The van der Waals surface area contributed by atoms with Gasteiger partial charge < -0.3 is 0 Å². The van der Waals surface area contributed by atoms with Gasteiger partial charge in [-0.05, 0) is 36.4 Å². The van der Waals surface area contributed by atoms with E-state index in [1.54, 1.807) is 11.3 Å². The molecule has 58 valence electrons. The van der Waals surface area contributed by atoms with Crippen molar-refractivity contribution >= 4 is 16.9 Å². The molecule has 1 aromatic heterocycles. The molecule has 0 saturated heterocycles. The zero-order chi connectivity index (χ0) is 8.27. The first-order valence-electron chi connectivity index (χ1n) is 3.62. The summed E-state index contributed by atoms with van der Waals surface area (Å²) in [5, 5.41) is 2.16. The van der Waals surface area contributed by atoms with E-state index < -0.39 is 0 Å². The first-order chi connectivity index (χ1) is 5.27. The molecule has 0 unspecified atom stereocenters. The van der Waals surface area contributed by atoms with Crippen molar-refractivity contribution in [1.29, 1.82) is 0 Å². The summed E-state index contributed by atoms with van der Waals surface area (Å²) in [6.45, 7) is 7.90. The van der Waals surface area contributed by atoms with Crippen molar-refractivity contribution < 1.29 is 0 Å². The topological polar surface area (TPSA) is 0 Å². The summed E-state index contributed by atoms with van der Waals surface area (Å²) in [4.78, 5) is 1.31. The van der Waals surface area contributed by atoms with Gasteiger partial charge in [-0.15, -0.1) is 11.3 Å². The highest BCUT2D eigenvalue weighted by atomic mass is 32.1. The van der Waals surface area contributed by atoms with E-state index in [4.69, 9.17) is 0 Å². The summed E-state index contributed by atoms with van der Waals surface area (Å²) in [6.07, 6.45) is 3.98. The lowest BCUT2D eigenvalue weighted by atomic mass is 10.2. The molecule has 0 radical (unpaired) electrons. The fourth-order valence-corrected chi connectivity index (χ4v) is 1.92. The van der Waals surface area contributed by atoms with Crippen LogP contribution in [0.2, 0.25) is 0 Å². The van der Waals surface area contributed by atoms with Crippen LogP contribution in [0.5, 0.6) is 0 Å². The van der Waals surface area contributed by atoms with E-state index >= 15 is 0 Å². The van der Waals surface area contributed by atoms with Gasteiger partial charge >= 0.3 is 0 Å². The van der Waals surface area contributed by atoms with Gasteiger partial charge in [-0.25, -0.2) is 0 Å². The first-order valence-corrected chi connectivity index (χ1v) is 4.50. The summed E-state index contributed by atoms with van der Waals surface area (Å²) in [7, 11) is 0. The monoisotopic (exact) mass is 164 g/mol. The highest BCUT2D eigenvalue weighted by molar-refractivity contribution is 7.11. The molecule has 0 spiro atoms. The molecule has 0 aromatic carbocycles. The Balaban J connectivity index is 3.00. The van der Waals surface area contributed by atoms with Crippen LogP contribution in [0.3, 0.4) is 0 Å². The maximum absolute atomic E-state index is 3.76. The van der Waals surface area contributed by atoms with E-state index in [-0.39, 0.29) is 0 Å². The average molecular weight is 164 g/mol. The predicted molar refractivity (Wildman–Crippen MR) is 52.9 cm³/mol. The Hall–Kier alpha value is -0.820. The van der Waals surface area contributed by atoms with E-state index in [2.05, 4.69) is 31.0 Å². The second-order valence-corrected chi connectivity index (χ2v) is 3.35. The molecular weight excluding hydrogens is 152 g/mol. The lowest BCUT2D eigenvalue weighted by Crippen LogP contribution is -1.70. The Morgan fingerprint density at radius 1 is 1.64 bits per heavy atom. The average Bonchev–Trinajstić information content (AvgIpc) is 2.39. The smallest absolute Gasteiger partial charge is 0.0341 e. The van der Waals surface area contributed by atoms with Crippen LogP contribution >= 0.6 is 11.3 Å². The third-order valence-corrected chi connectivity index (χ3v) is 2.64. The second kappa shape index (κ2) is 3.54. The van der Waals surface area contributed by atoms with Crippen molar-refractivity contribution in [2.75, 3.05) is 0 Å². The molecule has 1 heterocycles. The minimum atomic E-state index is 1.23. The molecule has 0 N–H and O–H groups in total. The van der Waals surface area contributed by atoms with Crippen LogP contribution in [0, 0.1) is 6.92 Å². The molecule has 0 aliphatic carbocycles. The van der Waals surface area contributed by atoms with Crippen LogP contribution in [-0.4, -0.2) is 0 Å². The molecular formula is C10H12S. The van der Waals surface area contributed by atoms with Crippen molar-refractivity contribution in [3.63, 3.8) is 0 Å². The van der Waals surface area contributed by atoms with Crippen LogP contribution in [0.4, 0.5) is 0 Å². The fraction of sp³-hybridized carbons (Fsp3) is 0.200. The van der Waals surface area contributed by atoms with Crippen molar-refractivity contribution in [1.82, 2.24) is 0 Å². The van der Waals surface area contributed by atoms with Crippen LogP contribution in [0.15, 0.2) is 30.2 Å². The zero-order valence-electron chi connectivity index (χ0n) is 6.92. The molecule has 1 rings (SSSR count). The molecule has 0 atom stereocenters. The van der Waals surface area contributed by atoms with Crippen molar-refractivity contribution in [3.05, 3.63) is 40.6 Å².